The topological polar surface area (TPSA) is 29.9 Å². The number of halogens is 1. The molecular weight excluding hydrogens is 222 g/mol. The number of nitrogens with one attached hydrogen (secondary N) is 1. The van der Waals surface area contributed by atoms with Gasteiger partial charge in [-0.1, -0.05) is 23.7 Å². The predicted octanol–water partition coefficient (Wildman–Crippen LogP) is 2.29. The average Bonchev–Trinajstić information content (AvgIpc) is 2.75. The number of hydrogen-bond donors (Lipinski definition) is 1. The predicted molar refractivity (Wildman–Crippen MR) is 66.2 cm³/mol. The molecule has 0 fully saturated rings. The highest BCUT2D eigenvalue weighted by Crippen LogP contribution is 2.18. The van der Waals surface area contributed by atoms with Gasteiger partial charge in [-0.05, 0) is 25.2 Å². The number of aromatic nitrogens is 2. The zero-order valence-corrected chi connectivity index (χ0v) is 9.91. The van der Waals surface area contributed by atoms with Crippen LogP contribution in [0.5, 0.6) is 0 Å². The minimum absolute atomic E-state index is 0.714. The van der Waals surface area contributed by atoms with Gasteiger partial charge in [-0.25, -0.2) is 4.68 Å². The van der Waals surface area contributed by atoms with Crippen molar-refractivity contribution in [2.24, 2.45) is 0 Å². The Bertz CT molecular complexity index is 465. The maximum absolute atomic E-state index is 6.10. The van der Waals surface area contributed by atoms with Crippen LogP contribution in [0.2, 0.25) is 5.02 Å². The van der Waals surface area contributed by atoms with Crippen LogP contribution in [-0.2, 0) is 6.42 Å². The third-order valence-electron chi connectivity index (χ3n) is 2.37. The molecule has 3 nitrogen and oxygen atoms in total. The number of benzene rings is 1. The number of nitrogens with zero attached hydrogens (tertiary/aromatic N) is 2. The quantitative estimate of drug-likeness (QED) is 0.881. The highest BCUT2D eigenvalue weighted by atomic mass is 35.5. The number of para-hydroxylation sites is 1. The molecule has 0 unspecified atom stereocenters. The van der Waals surface area contributed by atoms with E-state index < -0.39 is 0 Å². The molecular formula is C12H14ClN3. The van der Waals surface area contributed by atoms with Crippen molar-refractivity contribution in [2.45, 2.75) is 6.42 Å². The Hall–Kier alpha value is -1.32. The van der Waals surface area contributed by atoms with Crippen molar-refractivity contribution in [3.63, 3.8) is 0 Å². The maximum Gasteiger partial charge on any atom is 0.0831 e. The molecule has 1 aromatic heterocycles. The maximum atomic E-state index is 6.10. The molecule has 1 heterocycles. The summed E-state index contributed by atoms with van der Waals surface area (Å²) in [6, 6.07) is 9.71. The van der Waals surface area contributed by atoms with Crippen LogP contribution >= 0.6 is 11.6 Å². The largest absolute Gasteiger partial charge is 0.319 e. The zero-order valence-electron chi connectivity index (χ0n) is 9.15. The Morgan fingerprint density at radius 3 is 2.88 bits per heavy atom. The summed E-state index contributed by atoms with van der Waals surface area (Å²) < 4.78 is 1.81. The summed E-state index contributed by atoms with van der Waals surface area (Å²) in [7, 11) is 1.94. The Morgan fingerprint density at radius 2 is 2.12 bits per heavy atom. The van der Waals surface area contributed by atoms with Gasteiger partial charge in [-0.2, -0.15) is 5.10 Å². The minimum atomic E-state index is 0.714. The first-order valence-electron chi connectivity index (χ1n) is 5.25. The van der Waals surface area contributed by atoms with Crippen molar-refractivity contribution < 1.29 is 0 Å². The molecule has 0 atom stereocenters. The van der Waals surface area contributed by atoms with Gasteiger partial charge in [-0.3, -0.25) is 0 Å². The third kappa shape index (κ3) is 2.43. The van der Waals surface area contributed by atoms with Gasteiger partial charge in [-0.15, -0.1) is 0 Å². The summed E-state index contributed by atoms with van der Waals surface area (Å²) >= 11 is 6.10. The summed E-state index contributed by atoms with van der Waals surface area (Å²) in [5.41, 5.74) is 1.98. The molecule has 0 bridgehead atoms. The fraction of sp³-hybridized carbons (Fsp3) is 0.250. The van der Waals surface area contributed by atoms with Gasteiger partial charge in [0, 0.05) is 19.2 Å². The molecule has 1 N–H and O–H groups in total. The van der Waals surface area contributed by atoms with Crippen LogP contribution < -0.4 is 5.32 Å². The van der Waals surface area contributed by atoms with E-state index in [4.69, 9.17) is 11.6 Å². The molecule has 0 saturated carbocycles. The highest BCUT2D eigenvalue weighted by Gasteiger charge is 2.03. The number of likely N-dealkylation sites (N-methyl/N-ethyl adjacent to an activating group) is 1. The van der Waals surface area contributed by atoms with E-state index in [0.717, 1.165) is 24.3 Å². The van der Waals surface area contributed by atoms with Crippen molar-refractivity contribution in [2.75, 3.05) is 13.6 Å². The summed E-state index contributed by atoms with van der Waals surface area (Å²) in [6.45, 7) is 0.930. The number of rotatable bonds is 4. The van der Waals surface area contributed by atoms with Crippen molar-refractivity contribution in [1.82, 2.24) is 15.1 Å². The Balaban J connectivity index is 2.22. The van der Waals surface area contributed by atoms with Crippen LogP contribution in [-0.4, -0.2) is 23.4 Å². The smallest absolute Gasteiger partial charge is 0.0831 e. The Kier molecular flexibility index (Phi) is 3.59. The lowest BCUT2D eigenvalue weighted by Gasteiger charge is -2.03. The number of hydrogen-bond acceptors (Lipinski definition) is 2. The molecule has 0 aliphatic heterocycles. The van der Waals surface area contributed by atoms with E-state index in [0.29, 0.717) is 5.02 Å². The van der Waals surface area contributed by atoms with E-state index in [1.807, 2.05) is 48.3 Å². The molecule has 1 aromatic carbocycles. The third-order valence-corrected chi connectivity index (χ3v) is 2.69. The van der Waals surface area contributed by atoms with E-state index in [-0.39, 0.29) is 0 Å². The molecule has 0 saturated heterocycles. The molecule has 0 amide bonds. The molecule has 0 aliphatic carbocycles. The fourth-order valence-corrected chi connectivity index (χ4v) is 1.74. The van der Waals surface area contributed by atoms with Gasteiger partial charge >= 0.3 is 0 Å². The monoisotopic (exact) mass is 235 g/mol. The molecule has 0 aliphatic rings. The second kappa shape index (κ2) is 5.14. The Morgan fingerprint density at radius 1 is 1.31 bits per heavy atom. The van der Waals surface area contributed by atoms with Crippen LogP contribution in [0.15, 0.2) is 36.5 Å². The first kappa shape index (κ1) is 11.2. The average molecular weight is 236 g/mol. The normalized spacial score (nSPS) is 10.6. The lowest BCUT2D eigenvalue weighted by atomic mass is 10.3. The van der Waals surface area contributed by atoms with E-state index in [1.54, 1.807) is 0 Å². The van der Waals surface area contributed by atoms with Crippen molar-refractivity contribution in [3.05, 3.63) is 47.2 Å². The molecule has 84 valence electrons. The van der Waals surface area contributed by atoms with Gasteiger partial charge in [0.2, 0.25) is 0 Å². The second-order valence-electron chi connectivity index (χ2n) is 3.56. The van der Waals surface area contributed by atoms with Crippen LogP contribution in [0.1, 0.15) is 5.69 Å². The lowest BCUT2D eigenvalue weighted by Crippen LogP contribution is -2.10. The first-order chi connectivity index (χ1) is 7.81. The van der Waals surface area contributed by atoms with Gasteiger partial charge in [0.05, 0.1) is 16.4 Å². The van der Waals surface area contributed by atoms with Gasteiger partial charge in [0.25, 0.3) is 0 Å². The molecule has 0 radical (unpaired) electrons. The van der Waals surface area contributed by atoms with Crippen molar-refractivity contribution >= 4 is 11.6 Å². The molecule has 16 heavy (non-hydrogen) atoms. The highest BCUT2D eigenvalue weighted by molar-refractivity contribution is 6.32. The van der Waals surface area contributed by atoms with Crippen molar-refractivity contribution in [3.8, 4) is 5.69 Å². The summed E-state index contributed by atoms with van der Waals surface area (Å²) in [5, 5.41) is 8.29. The van der Waals surface area contributed by atoms with E-state index in [1.165, 1.54) is 0 Å². The second-order valence-corrected chi connectivity index (χ2v) is 3.96. The zero-order chi connectivity index (χ0) is 11.4. The molecule has 2 rings (SSSR count). The van der Waals surface area contributed by atoms with Gasteiger partial charge in [0.1, 0.15) is 0 Å². The summed E-state index contributed by atoms with van der Waals surface area (Å²) in [4.78, 5) is 0. The van der Waals surface area contributed by atoms with Crippen LogP contribution in [0, 0.1) is 0 Å². The first-order valence-corrected chi connectivity index (χ1v) is 5.63. The standard InChI is InChI=1S/C12H14ClN3/c1-14-8-6-10-7-9-16(15-10)12-5-3-2-4-11(12)13/h2-5,7,9,14H,6,8H2,1H3. The molecule has 4 heteroatoms. The fourth-order valence-electron chi connectivity index (χ4n) is 1.52. The van der Waals surface area contributed by atoms with Gasteiger partial charge in [0.15, 0.2) is 0 Å². The molecule has 0 spiro atoms. The molecule has 2 aromatic rings. The van der Waals surface area contributed by atoms with E-state index >= 15 is 0 Å². The SMILES string of the molecule is CNCCc1ccn(-c2ccccc2Cl)n1. The minimum Gasteiger partial charge on any atom is -0.319 e. The van der Waals surface area contributed by atoms with E-state index in [9.17, 15) is 0 Å². The van der Waals surface area contributed by atoms with Crippen LogP contribution in [0.4, 0.5) is 0 Å². The summed E-state index contributed by atoms with van der Waals surface area (Å²) in [6.07, 6.45) is 2.86. The van der Waals surface area contributed by atoms with Crippen LogP contribution in [0.3, 0.4) is 0 Å². The summed E-state index contributed by atoms with van der Waals surface area (Å²) in [5.74, 6) is 0. The Labute approximate surface area is 100 Å². The lowest BCUT2D eigenvalue weighted by molar-refractivity contribution is 0.755. The van der Waals surface area contributed by atoms with Crippen molar-refractivity contribution in [1.29, 1.82) is 0 Å². The van der Waals surface area contributed by atoms with Gasteiger partial charge < -0.3 is 5.32 Å². The van der Waals surface area contributed by atoms with E-state index in [2.05, 4.69) is 10.4 Å². The van der Waals surface area contributed by atoms with Crippen LogP contribution in [0.25, 0.3) is 5.69 Å².